The summed E-state index contributed by atoms with van der Waals surface area (Å²) in [5.74, 6) is 1.05. The number of aliphatic hydroxyl groups is 1. The molecular weight excluding hydrogens is 268 g/mol. The molecule has 1 fully saturated rings. The molecule has 1 aromatic heterocycles. The molecule has 2 N–H and O–H groups in total. The number of aryl methyl sites for hydroxylation is 1. The molecule has 0 radical (unpaired) electrons. The van der Waals surface area contributed by atoms with Crippen molar-refractivity contribution in [2.45, 2.75) is 32.3 Å². The van der Waals surface area contributed by atoms with Crippen molar-refractivity contribution in [1.82, 2.24) is 19.8 Å². The first-order valence-corrected chi connectivity index (χ1v) is 7.76. The maximum absolute atomic E-state index is 11.7. The van der Waals surface area contributed by atoms with Crippen molar-refractivity contribution in [2.75, 3.05) is 26.2 Å². The lowest BCUT2D eigenvalue weighted by atomic mass is 9.90. The van der Waals surface area contributed by atoms with Crippen LogP contribution in [0.4, 0.5) is 0 Å². The van der Waals surface area contributed by atoms with Crippen LogP contribution in [0.5, 0.6) is 0 Å². The van der Waals surface area contributed by atoms with E-state index in [-0.39, 0.29) is 11.8 Å². The summed E-state index contributed by atoms with van der Waals surface area (Å²) >= 11 is 0. The second-order valence-corrected chi connectivity index (χ2v) is 5.80. The number of hydrogen-bond acceptors (Lipinski definition) is 4. The van der Waals surface area contributed by atoms with Gasteiger partial charge in [-0.1, -0.05) is 6.92 Å². The third-order valence-electron chi connectivity index (χ3n) is 4.14. The number of nitrogens with zero attached hydrogens (tertiary/aromatic N) is 3. The summed E-state index contributed by atoms with van der Waals surface area (Å²) in [6, 6.07) is 0. The number of hydrogen-bond donors (Lipinski definition) is 2. The van der Waals surface area contributed by atoms with E-state index < -0.39 is 6.10 Å². The summed E-state index contributed by atoms with van der Waals surface area (Å²) in [5, 5.41) is 13.3. The van der Waals surface area contributed by atoms with Crippen molar-refractivity contribution >= 4 is 5.91 Å². The van der Waals surface area contributed by atoms with Crippen molar-refractivity contribution in [3.05, 3.63) is 18.2 Å². The van der Waals surface area contributed by atoms with Crippen LogP contribution in [0.25, 0.3) is 0 Å². The van der Waals surface area contributed by atoms with Gasteiger partial charge in [0.15, 0.2) is 0 Å². The Morgan fingerprint density at radius 1 is 1.52 bits per heavy atom. The van der Waals surface area contributed by atoms with E-state index in [1.807, 2.05) is 24.7 Å². The highest BCUT2D eigenvalue weighted by Crippen LogP contribution is 2.29. The highest BCUT2D eigenvalue weighted by Gasteiger charge is 2.28. The number of imidazole rings is 1. The van der Waals surface area contributed by atoms with Crippen LogP contribution in [0.2, 0.25) is 0 Å². The number of likely N-dealkylation sites (tertiary alicyclic amines) is 1. The van der Waals surface area contributed by atoms with E-state index in [9.17, 15) is 9.90 Å². The minimum absolute atomic E-state index is 0.0972. The Morgan fingerprint density at radius 3 is 2.81 bits per heavy atom. The predicted octanol–water partition coefficient (Wildman–Crippen LogP) is 0.692. The zero-order valence-corrected chi connectivity index (χ0v) is 13.0. The fraction of sp³-hybridized carbons (Fsp3) is 0.733. The van der Waals surface area contributed by atoms with Crippen molar-refractivity contribution in [3.63, 3.8) is 0 Å². The molecule has 2 rings (SSSR count). The van der Waals surface area contributed by atoms with Crippen LogP contribution >= 0.6 is 0 Å². The largest absolute Gasteiger partial charge is 0.385 e. The zero-order chi connectivity index (χ0) is 15.2. The number of aliphatic hydroxyl groups excluding tert-OH is 1. The number of rotatable bonds is 6. The van der Waals surface area contributed by atoms with Crippen molar-refractivity contribution in [2.24, 2.45) is 13.0 Å². The lowest BCUT2D eigenvalue weighted by Gasteiger charge is -2.33. The average molecular weight is 294 g/mol. The van der Waals surface area contributed by atoms with E-state index in [1.54, 1.807) is 6.20 Å². The van der Waals surface area contributed by atoms with E-state index in [0.29, 0.717) is 6.54 Å². The van der Waals surface area contributed by atoms with Crippen molar-refractivity contribution in [3.8, 4) is 0 Å². The topological polar surface area (TPSA) is 70.4 Å². The van der Waals surface area contributed by atoms with Crippen LogP contribution in [0.3, 0.4) is 0 Å². The van der Waals surface area contributed by atoms with Crippen LogP contribution in [0, 0.1) is 5.92 Å². The number of amides is 1. The minimum Gasteiger partial charge on any atom is -0.385 e. The lowest BCUT2D eigenvalue weighted by molar-refractivity contribution is -0.122. The molecule has 118 valence electrons. The fourth-order valence-electron chi connectivity index (χ4n) is 2.82. The van der Waals surface area contributed by atoms with Gasteiger partial charge in [-0.25, -0.2) is 4.98 Å². The molecule has 0 aromatic carbocycles. The first kappa shape index (κ1) is 16.0. The van der Waals surface area contributed by atoms with Crippen LogP contribution in [0.1, 0.15) is 38.1 Å². The first-order chi connectivity index (χ1) is 10.1. The van der Waals surface area contributed by atoms with Crippen molar-refractivity contribution in [1.29, 1.82) is 0 Å². The molecule has 2 heterocycles. The van der Waals surface area contributed by atoms with Gasteiger partial charge in [0.05, 0.1) is 6.54 Å². The number of aromatic nitrogens is 2. The molecule has 21 heavy (non-hydrogen) atoms. The second kappa shape index (κ2) is 7.56. The maximum Gasteiger partial charge on any atom is 0.234 e. The van der Waals surface area contributed by atoms with E-state index in [0.717, 1.165) is 44.7 Å². The summed E-state index contributed by atoms with van der Waals surface area (Å²) in [7, 11) is 1.90. The Morgan fingerprint density at radius 2 is 2.24 bits per heavy atom. The predicted molar refractivity (Wildman–Crippen MR) is 80.6 cm³/mol. The van der Waals surface area contributed by atoms with Gasteiger partial charge in [0.25, 0.3) is 0 Å². The molecule has 1 amide bonds. The first-order valence-electron chi connectivity index (χ1n) is 7.76. The zero-order valence-electron chi connectivity index (χ0n) is 13.0. The third-order valence-corrected chi connectivity index (χ3v) is 4.14. The summed E-state index contributed by atoms with van der Waals surface area (Å²) in [5.41, 5.74) is 0. The van der Waals surface area contributed by atoms with E-state index in [1.165, 1.54) is 0 Å². The number of carbonyl (C=O) groups excluding carboxylic acids is 1. The molecule has 1 atom stereocenters. The Kier molecular flexibility index (Phi) is 5.76. The number of piperidine rings is 1. The molecular formula is C15H26N4O2. The highest BCUT2D eigenvalue weighted by molar-refractivity contribution is 5.77. The molecule has 0 aliphatic carbocycles. The van der Waals surface area contributed by atoms with Crippen LogP contribution in [-0.2, 0) is 11.8 Å². The molecule has 6 heteroatoms. The van der Waals surface area contributed by atoms with E-state index in [2.05, 4.69) is 15.2 Å². The van der Waals surface area contributed by atoms with Crippen LogP contribution in [-0.4, -0.2) is 51.6 Å². The van der Waals surface area contributed by atoms with Gasteiger partial charge in [-0.3, -0.25) is 9.69 Å². The molecule has 1 aromatic rings. The van der Waals surface area contributed by atoms with E-state index >= 15 is 0 Å². The SMILES string of the molecule is CCCNC(=O)CN1CCC(C(O)c2nccn2C)CC1. The monoisotopic (exact) mass is 294 g/mol. The summed E-state index contributed by atoms with van der Waals surface area (Å²) in [6.07, 6.45) is 5.81. The smallest absolute Gasteiger partial charge is 0.234 e. The normalized spacial score (nSPS) is 18.6. The molecule has 1 aliphatic rings. The number of nitrogens with one attached hydrogen (secondary N) is 1. The van der Waals surface area contributed by atoms with Gasteiger partial charge in [0.2, 0.25) is 5.91 Å². The summed E-state index contributed by atoms with van der Waals surface area (Å²) in [6.45, 7) is 4.96. The van der Waals surface area contributed by atoms with Gasteiger partial charge in [0, 0.05) is 26.0 Å². The quantitative estimate of drug-likeness (QED) is 0.810. The fourth-order valence-corrected chi connectivity index (χ4v) is 2.82. The Hall–Kier alpha value is -1.40. The Labute approximate surface area is 126 Å². The maximum atomic E-state index is 11.7. The van der Waals surface area contributed by atoms with Gasteiger partial charge in [-0.05, 0) is 38.3 Å². The van der Waals surface area contributed by atoms with Gasteiger partial charge in [-0.15, -0.1) is 0 Å². The van der Waals surface area contributed by atoms with Crippen LogP contribution in [0.15, 0.2) is 12.4 Å². The van der Waals surface area contributed by atoms with Gasteiger partial charge >= 0.3 is 0 Å². The molecule has 0 spiro atoms. The molecule has 1 saturated heterocycles. The molecule has 0 bridgehead atoms. The van der Waals surface area contributed by atoms with Crippen molar-refractivity contribution < 1.29 is 9.90 Å². The van der Waals surface area contributed by atoms with Gasteiger partial charge in [0.1, 0.15) is 11.9 Å². The Bertz CT molecular complexity index is 452. The van der Waals surface area contributed by atoms with E-state index in [4.69, 9.17) is 0 Å². The highest BCUT2D eigenvalue weighted by atomic mass is 16.3. The standard InChI is InChI=1S/C15H26N4O2/c1-3-6-16-13(20)11-19-8-4-12(5-9-19)14(21)15-17-7-10-18(15)2/h7,10,12,14,21H,3-6,8-9,11H2,1-2H3,(H,16,20). The lowest BCUT2D eigenvalue weighted by Crippen LogP contribution is -2.42. The third kappa shape index (κ3) is 4.28. The minimum atomic E-state index is -0.513. The molecule has 1 aliphatic heterocycles. The van der Waals surface area contributed by atoms with Gasteiger partial charge < -0.3 is 15.0 Å². The van der Waals surface area contributed by atoms with Gasteiger partial charge in [-0.2, -0.15) is 0 Å². The second-order valence-electron chi connectivity index (χ2n) is 5.80. The molecule has 6 nitrogen and oxygen atoms in total. The van der Waals surface area contributed by atoms with Crippen LogP contribution < -0.4 is 5.32 Å². The average Bonchev–Trinajstić information content (AvgIpc) is 2.91. The molecule has 0 saturated carbocycles. The Balaban J connectivity index is 1.78. The number of carbonyl (C=O) groups is 1. The summed E-state index contributed by atoms with van der Waals surface area (Å²) < 4.78 is 1.87. The molecule has 1 unspecified atom stereocenters. The summed E-state index contributed by atoms with van der Waals surface area (Å²) in [4.78, 5) is 18.1.